The third-order valence-electron chi connectivity index (χ3n) is 13.8. The first-order chi connectivity index (χ1) is 23.1. The Bertz CT molecular complexity index is 1340. The zero-order valence-corrected chi connectivity index (χ0v) is 30.7. The second kappa shape index (κ2) is 11.8. The highest BCUT2D eigenvalue weighted by Gasteiger charge is 2.71. The molecule has 8 saturated heterocycles. The van der Waals surface area contributed by atoms with Crippen molar-refractivity contribution >= 4 is 11.9 Å². The highest BCUT2D eigenvalue weighted by Crippen LogP contribution is 2.63. The van der Waals surface area contributed by atoms with E-state index >= 15 is 0 Å². The first-order valence-electron chi connectivity index (χ1n) is 18.9. The fourth-order valence-corrected chi connectivity index (χ4v) is 11.3. The molecule has 10 rings (SSSR count). The van der Waals surface area contributed by atoms with Gasteiger partial charge in [0.25, 0.3) is 0 Å². The summed E-state index contributed by atoms with van der Waals surface area (Å²) in [5, 5.41) is 4.56. The number of ether oxygens (including phenoxy) is 5. The van der Waals surface area contributed by atoms with Gasteiger partial charge in [0.15, 0.2) is 23.8 Å². The molecule has 12 heteroatoms. The van der Waals surface area contributed by atoms with E-state index in [0.29, 0.717) is 24.0 Å². The summed E-state index contributed by atoms with van der Waals surface area (Å²) >= 11 is 0. The lowest BCUT2D eigenvalue weighted by Crippen LogP contribution is -2.71. The number of nitrogens with zero attached hydrogens (tertiary/aromatic N) is 1. The molecule has 2 aliphatic carbocycles. The average Bonchev–Trinajstić information content (AvgIpc) is 3.40. The van der Waals surface area contributed by atoms with E-state index in [9.17, 15) is 4.79 Å². The Hall–Kier alpha value is -1.38. The molecule has 10 fully saturated rings. The first-order valence-corrected chi connectivity index (χ1v) is 18.9. The average molecular weight is 692 g/mol. The van der Waals surface area contributed by atoms with Crippen molar-refractivity contribution in [3.63, 3.8) is 0 Å². The fourth-order valence-electron chi connectivity index (χ4n) is 11.3. The summed E-state index contributed by atoms with van der Waals surface area (Å²) in [4.78, 5) is 43.3. The molecule has 4 bridgehead atoms. The molecule has 2 spiro atoms. The fraction of sp³-hybridized carbons (Fsp3) is 0.946. The second-order valence-corrected chi connectivity index (χ2v) is 18.1. The van der Waals surface area contributed by atoms with Crippen molar-refractivity contribution in [2.75, 3.05) is 0 Å². The minimum atomic E-state index is -0.911. The lowest BCUT2D eigenvalue weighted by atomic mass is 9.56. The van der Waals surface area contributed by atoms with Crippen molar-refractivity contribution in [3.8, 4) is 0 Å². The third kappa shape index (κ3) is 5.44. The van der Waals surface area contributed by atoms with Crippen LogP contribution in [0, 0.1) is 47.3 Å². The van der Waals surface area contributed by atoms with E-state index in [1.54, 1.807) is 20.8 Å². The summed E-state index contributed by atoms with van der Waals surface area (Å²) in [7, 11) is 0. The highest BCUT2D eigenvalue weighted by atomic mass is 17.3. The Balaban J connectivity index is 1.13. The molecule has 2 saturated carbocycles. The van der Waals surface area contributed by atoms with Gasteiger partial charge in [0.05, 0.1) is 11.8 Å². The predicted molar refractivity (Wildman–Crippen MR) is 173 cm³/mol. The molecule has 0 N–H and O–H groups in total. The molecule has 0 unspecified atom stereocenters. The van der Waals surface area contributed by atoms with Crippen molar-refractivity contribution in [2.24, 2.45) is 52.5 Å². The second-order valence-electron chi connectivity index (χ2n) is 18.1. The van der Waals surface area contributed by atoms with Crippen LogP contribution in [-0.2, 0) is 48.1 Å². The van der Waals surface area contributed by atoms with Crippen LogP contribution >= 0.6 is 0 Å². The van der Waals surface area contributed by atoms with Gasteiger partial charge >= 0.3 is 6.16 Å². The number of hydrogen-bond donors (Lipinski definition) is 0. The zero-order chi connectivity index (χ0) is 34.7. The monoisotopic (exact) mass is 691 g/mol. The van der Waals surface area contributed by atoms with Crippen molar-refractivity contribution < 1.29 is 52.9 Å². The number of oxime groups is 1. The van der Waals surface area contributed by atoms with Crippen LogP contribution in [0.3, 0.4) is 0 Å². The molecule has 8 heterocycles. The van der Waals surface area contributed by atoms with Crippen molar-refractivity contribution in [1.82, 2.24) is 0 Å². The summed E-state index contributed by atoms with van der Waals surface area (Å²) < 4.78 is 32.8. The molecule has 0 amide bonds. The topological polar surface area (TPSA) is 122 Å². The molecule has 16 atom stereocenters. The third-order valence-corrected chi connectivity index (χ3v) is 13.8. The minimum absolute atomic E-state index is 0.0483. The van der Waals surface area contributed by atoms with Gasteiger partial charge in [-0.1, -0.05) is 32.9 Å². The molecular formula is C37H57NO11. The maximum atomic E-state index is 12.9. The van der Waals surface area contributed by atoms with Gasteiger partial charge in [0.1, 0.15) is 11.7 Å². The SMILES string of the molecule is C[C@H]1[C@@H](/C(C[C@H]2O[C@@H]3O[C@]4(C)CC[C@H]5[C@H](C)CC[C@@H]([C@H]2C)[C@@]35OO4)=N\OC(=O)OC(C)(C)C)O[C@@H]2O[C@]3(C)CC[C@H]4[C@H](C)CC[C@@H]1[C@@]24OO3. The van der Waals surface area contributed by atoms with Crippen LogP contribution < -0.4 is 0 Å². The van der Waals surface area contributed by atoms with Gasteiger partial charge in [-0.3, -0.25) is 4.84 Å². The summed E-state index contributed by atoms with van der Waals surface area (Å²) in [6, 6.07) is 0. The molecule has 276 valence electrons. The van der Waals surface area contributed by atoms with E-state index in [2.05, 4.69) is 32.9 Å². The van der Waals surface area contributed by atoms with Crippen LogP contribution in [0.2, 0.25) is 0 Å². The van der Waals surface area contributed by atoms with Crippen LogP contribution in [-0.4, -0.2) is 65.0 Å². The van der Waals surface area contributed by atoms with E-state index in [1.165, 1.54) is 0 Å². The van der Waals surface area contributed by atoms with Gasteiger partial charge < -0.3 is 23.7 Å². The Morgan fingerprint density at radius 1 is 0.714 bits per heavy atom. The molecule has 0 aromatic carbocycles. The number of carbonyl (C=O) groups is 1. The van der Waals surface area contributed by atoms with E-state index in [-0.39, 0.29) is 41.6 Å². The Morgan fingerprint density at radius 3 is 1.80 bits per heavy atom. The molecular weight excluding hydrogens is 634 g/mol. The smallest absolute Gasteiger partial charge is 0.427 e. The van der Waals surface area contributed by atoms with E-state index < -0.39 is 53.2 Å². The number of hydrogen-bond acceptors (Lipinski definition) is 12. The van der Waals surface area contributed by atoms with Gasteiger partial charge in [-0.25, -0.2) is 24.3 Å². The van der Waals surface area contributed by atoms with Gasteiger partial charge in [0, 0.05) is 31.1 Å². The van der Waals surface area contributed by atoms with Crippen LogP contribution in [0.15, 0.2) is 5.16 Å². The van der Waals surface area contributed by atoms with Crippen molar-refractivity contribution in [2.45, 2.75) is 173 Å². The maximum Gasteiger partial charge on any atom is 0.535 e. The van der Waals surface area contributed by atoms with Crippen LogP contribution in [0.1, 0.15) is 120 Å². The van der Waals surface area contributed by atoms with Crippen molar-refractivity contribution in [1.29, 1.82) is 0 Å². The minimum Gasteiger partial charge on any atom is -0.427 e. The Morgan fingerprint density at radius 2 is 1.24 bits per heavy atom. The molecule has 49 heavy (non-hydrogen) atoms. The Labute approximate surface area is 290 Å². The standard InChI is InChI=1S/C37H57NO11/c1-19-10-12-25-21(3)28(40-30-36(25)23(19)14-16-34(8,42-30)46-48-36)18-27(38-45-32(39)44-33(5,6)7)29-22(4)26-13-11-20(2)24-15-17-35(9)43-31(41-29)37(24,26)49-47-35/h19-26,28-31H,10-18H2,1-9H3/b38-27-/t19-,20-,21-,22-,23+,24+,25+,26+,28-,29+,30-,31-,34+,35+,36-,37-/m1/s1. The number of fused-ring (bicyclic) bond motifs is 4. The molecule has 8 aliphatic heterocycles. The molecule has 0 radical (unpaired) electrons. The predicted octanol–water partition coefficient (Wildman–Crippen LogP) is 7.19. The highest BCUT2D eigenvalue weighted by molar-refractivity contribution is 5.89. The summed E-state index contributed by atoms with van der Waals surface area (Å²) in [5.41, 5.74) is -1.56. The molecule has 12 nitrogen and oxygen atoms in total. The van der Waals surface area contributed by atoms with Gasteiger partial charge in [-0.2, -0.15) is 0 Å². The summed E-state index contributed by atoms with van der Waals surface area (Å²) in [5.74, 6) is -0.149. The van der Waals surface area contributed by atoms with E-state index in [1.807, 2.05) is 13.8 Å². The lowest BCUT2D eigenvalue weighted by molar-refractivity contribution is -0.571. The van der Waals surface area contributed by atoms with E-state index in [4.69, 9.17) is 48.1 Å². The largest absolute Gasteiger partial charge is 0.535 e. The number of carbonyl (C=O) groups excluding carboxylic acids is 1. The van der Waals surface area contributed by atoms with Gasteiger partial charge in [0.2, 0.25) is 11.6 Å². The lowest BCUT2D eigenvalue weighted by Gasteiger charge is -2.61. The Kier molecular flexibility index (Phi) is 8.37. The molecule has 0 aromatic heterocycles. The number of rotatable bonds is 4. The van der Waals surface area contributed by atoms with Gasteiger partial charge in [-0.15, -0.1) is 0 Å². The van der Waals surface area contributed by atoms with E-state index in [0.717, 1.165) is 51.4 Å². The van der Waals surface area contributed by atoms with Crippen molar-refractivity contribution in [3.05, 3.63) is 0 Å². The zero-order valence-electron chi connectivity index (χ0n) is 30.7. The van der Waals surface area contributed by atoms with Crippen LogP contribution in [0.4, 0.5) is 4.79 Å². The first kappa shape index (κ1) is 34.7. The summed E-state index contributed by atoms with van der Waals surface area (Å²) in [6.45, 7) is 18.3. The quantitative estimate of drug-likeness (QED) is 0.0979. The van der Waals surface area contributed by atoms with Crippen LogP contribution in [0.5, 0.6) is 0 Å². The maximum absolute atomic E-state index is 12.9. The molecule has 10 aliphatic rings. The van der Waals surface area contributed by atoms with Crippen LogP contribution in [0.25, 0.3) is 0 Å². The summed E-state index contributed by atoms with van der Waals surface area (Å²) in [6.07, 6.45) is 4.86. The van der Waals surface area contributed by atoms with Gasteiger partial charge in [-0.05, 0) is 109 Å². The normalized spacial score (nSPS) is 53.5. The molecule has 0 aromatic rings.